The van der Waals surface area contributed by atoms with Gasteiger partial charge in [-0.05, 0) is 36.5 Å². The summed E-state index contributed by atoms with van der Waals surface area (Å²) >= 11 is 5.85. The summed E-state index contributed by atoms with van der Waals surface area (Å²) in [5.74, 6) is -1.15. The first kappa shape index (κ1) is 19.5. The average molecular weight is 341 g/mol. The zero-order chi connectivity index (χ0) is 17.4. The maximum Gasteiger partial charge on any atom is 0.247 e. The van der Waals surface area contributed by atoms with Crippen LogP contribution in [0.5, 0.6) is 0 Å². The van der Waals surface area contributed by atoms with E-state index >= 15 is 0 Å². The molecular weight excluding hydrogens is 316 g/mol. The van der Waals surface area contributed by atoms with E-state index < -0.39 is 11.8 Å². The Morgan fingerprint density at radius 1 is 1.26 bits per heavy atom. The lowest BCUT2D eigenvalue weighted by molar-refractivity contribution is -0.140. The molecule has 0 saturated carbocycles. The summed E-state index contributed by atoms with van der Waals surface area (Å²) in [6, 6.07) is 7.66. The number of nitrogens with one attached hydrogen (secondary N) is 1. The summed E-state index contributed by atoms with van der Waals surface area (Å²) in [6.45, 7) is 4.33. The van der Waals surface area contributed by atoms with Crippen molar-refractivity contribution in [3.63, 3.8) is 0 Å². The van der Waals surface area contributed by atoms with Crippen molar-refractivity contribution in [3.05, 3.63) is 34.9 Å². The number of hydroxylamine groups is 1. The summed E-state index contributed by atoms with van der Waals surface area (Å²) in [4.78, 5) is 25.4. The summed E-state index contributed by atoms with van der Waals surface area (Å²) in [6.07, 6.45) is 1.80. The van der Waals surface area contributed by atoms with Crippen LogP contribution in [-0.4, -0.2) is 35.5 Å². The number of carbonyl (C=O) groups excluding carboxylic acids is 2. The van der Waals surface area contributed by atoms with E-state index in [1.54, 1.807) is 17.4 Å². The molecule has 0 radical (unpaired) electrons. The normalized spacial score (nSPS) is 12.1. The van der Waals surface area contributed by atoms with Crippen LogP contribution in [0.2, 0.25) is 5.02 Å². The van der Waals surface area contributed by atoms with E-state index in [1.807, 2.05) is 38.1 Å². The lowest BCUT2D eigenvalue weighted by atomic mass is 9.91. The van der Waals surface area contributed by atoms with Crippen molar-refractivity contribution < 1.29 is 14.8 Å². The molecule has 0 fully saturated rings. The van der Waals surface area contributed by atoms with Crippen molar-refractivity contribution in [3.8, 4) is 0 Å². The van der Waals surface area contributed by atoms with Crippen molar-refractivity contribution >= 4 is 23.4 Å². The predicted molar refractivity (Wildman–Crippen MR) is 90.3 cm³/mol. The van der Waals surface area contributed by atoms with Gasteiger partial charge in [-0.2, -0.15) is 0 Å². The van der Waals surface area contributed by atoms with Crippen LogP contribution >= 0.6 is 11.6 Å². The lowest BCUT2D eigenvalue weighted by Gasteiger charge is -2.22. The number of rotatable bonds is 8. The Morgan fingerprint density at radius 3 is 2.39 bits per heavy atom. The number of aryl methyl sites for hydroxylation is 1. The van der Waals surface area contributed by atoms with Gasteiger partial charge in [-0.25, -0.2) is 5.48 Å². The van der Waals surface area contributed by atoms with Crippen LogP contribution in [0.3, 0.4) is 0 Å². The van der Waals surface area contributed by atoms with Crippen molar-refractivity contribution in [2.75, 3.05) is 13.6 Å². The van der Waals surface area contributed by atoms with Gasteiger partial charge in [0.05, 0.1) is 5.92 Å². The minimum atomic E-state index is -0.522. The molecule has 1 aromatic carbocycles. The second-order valence-corrected chi connectivity index (χ2v) is 6.51. The van der Waals surface area contributed by atoms with Crippen LogP contribution in [0.4, 0.5) is 0 Å². The Bertz CT molecular complexity index is 517. The lowest BCUT2D eigenvalue weighted by Crippen LogP contribution is -2.37. The number of amides is 2. The third-order valence-electron chi connectivity index (χ3n) is 3.94. The molecule has 2 amide bonds. The fourth-order valence-corrected chi connectivity index (χ4v) is 2.48. The first-order chi connectivity index (χ1) is 10.8. The van der Waals surface area contributed by atoms with Crippen molar-refractivity contribution in [1.29, 1.82) is 0 Å². The largest absolute Gasteiger partial charge is 0.346 e. The van der Waals surface area contributed by atoms with Gasteiger partial charge in [0, 0.05) is 25.0 Å². The molecular formula is C17H25ClN2O3. The van der Waals surface area contributed by atoms with E-state index in [0.717, 1.165) is 12.8 Å². The van der Waals surface area contributed by atoms with Crippen molar-refractivity contribution in [2.24, 2.45) is 11.8 Å². The van der Waals surface area contributed by atoms with Gasteiger partial charge >= 0.3 is 0 Å². The number of benzene rings is 1. The third-order valence-corrected chi connectivity index (χ3v) is 4.20. The number of carbonyl (C=O) groups is 2. The second kappa shape index (κ2) is 9.53. The van der Waals surface area contributed by atoms with Gasteiger partial charge in [-0.15, -0.1) is 0 Å². The SMILES string of the molecule is CC(C)C(CC(=O)N(C)CCCc1ccc(Cl)cc1)C(=O)NO. The van der Waals surface area contributed by atoms with E-state index in [-0.39, 0.29) is 18.2 Å². The van der Waals surface area contributed by atoms with Crippen LogP contribution in [0, 0.1) is 11.8 Å². The van der Waals surface area contributed by atoms with E-state index in [0.29, 0.717) is 11.6 Å². The molecule has 0 aliphatic rings. The summed E-state index contributed by atoms with van der Waals surface area (Å²) in [5.41, 5.74) is 2.82. The van der Waals surface area contributed by atoms with Gasteiger partial charge in [-0.3, -0.25) is 14.8 Å². The summed E-state index contributed by atoms with van der Waals surface area (Å²) in [7, 11) is 1.73. The summed E-state index contributed by atoms with van der Waals surface area (Å²) in [5, 5.41) is 9.47. The van der Waals surface area contributed by atoms with E-state index in [2.05, 4.69) is 0 Å². The molecule has 6 heteroatoms. The van der Waals surface area contributed by atoms with Gasteiger partial charge in [0.15, 0.2) is 0 Å². The molecule has 0 aromatic heterocycles. The molecule has 2 N–H and O–H groups in total. The molecule has 0 aliphatic heterocycles. The Labute approximate surface area is 142 Å². The number of nitrogens with zero attached hydrogens (tertiary/aromatic N) is 1. The van der Waals surface area contributed by atoms with Gasteiger partial charge < -0.3 is 4.90 Å². The van der Waals surface area contributed by atoms with Crippen LogP contribution in [0.1, 0.15) is 32.3 Å². The van der Waals surface area contributed by atoms with E-state index in [9.17, 15) is 9.59 Å². The molecule has 23 heavy (non-hydrogen) atoms. The first-order valence-electron chi connectivity index (χ1n) is 7.77. The minimum Gasteiger partial charge on any atom is -0.346 e. The van der Waals surface area contributed by atoms with E-state index in [1.165, 1.54) is 5.56 Å². The van der Waals surface area contributed by atoms with Gasteiger partial charge in [0.1, 0.15) is 0 Å². The Hall–Kier alpha value is -1.59. The third kappa shape index (κ3) is 6.59. The van der Waals surface area contributed by atoms with Crippen LogP contribution in [0.15, 0.2) is 24.3 Å². The number of halogens is 1. The van der Waals surface area contributed by atoms with Crippen LogP contribution < -0.4 is 5.48 Å². The molecule has 5 nitrogen and oxygen atoms in total. The maximum atomic E-state index is 12.2. The number of hydrogen-bond donors (Lipinski definition) is 2. The van der Waals surface area contributed by atoms with Crippen molar-refractivity contribution in [2.45, 2.75) is 33.1 Å². The highest BCUT2D eigenvalue weighted by Gasteiger charge is 2.26. The van der Waals surface area contributed by atoms with Gasteiger partial charge in [-0.1, -0.05) is 37.6 Å². The Kier molecular flexibility index (Phi) is 8.06. The zero-order valence-corrected chi connectivity index (χ0v) is 14.6. The highest BCUT2D eigenvalue weighted by Crippen LogP contribution is 2.17. The molecule has 0 spiro atoms. The molecule has 0 saturated heterocycles. The highest BCUT2D eigenvalue weighted by molar-refractivity contribution is 6.30. The molecule has 0 aliphatic carbocycles. The first-order valence-corrected chi connectivity index (χ1v) is 8.15. The fourth-order valence-electron chi connectivity index (χ4n) is 2.35. The van der Waals surface area contributed by atoms with Crippen molar-refractivity contribution in [1.82, 2.24) is 10.4 Å². The molecule has 1 aromatic rings. The zero-order valence-electron chi connectivity index (χ0n) is 13.9. The minimum absolute atomic E-state index is 0.0198. The molecule has 0 bridgehead atoms. The number of hydrogen-bond acceptors (Lipinski definition) is 3. The Morgan fingerprint density at radius 2 is 1.87 bits per heavy atom. The molecule has 1 rings (SSSR count). The highest BCUT2D eigenvalue weighted by atomic mass is 35.5. The molecule has 1 atom stereocenters. The van der Waals surface area contributed by atoms with Gasteiger partial charge in [0.25, 0.3) is 0 Å². The Balaban J connectivity index is 2.43. The monoisotopic (exact) mass is 340 g/mol. The molecule has 128 valence electrons. The van der Waals surface area contributed by atoms with E-state index in [4.69, 9.17) is 16.8 Å². The topological polar surface area (TPSA) is 69.6 Å². The summed E-state index contributed by atoms with van der Waals surface area (Å²) < 4.78 is 0. The molecule has 0 heterocycles. The standard InChI is InChI=1S/C17H25ClN2O3/c1-12(2)15(17(22)19-23)11-16(21)20(3)10-4-5-13-6-8-14(18)9-7-13/h6-9,12,15,23H,4-5,10-11H2,1-3H3,(H,19,22). The van der Waals surface area contributed by atoms with Gasteiger partial charge in [0.2, 0.25) is 11.8 Å². The quantitative estimate of drug-likeness (QED) is 0.564. The average Bonchev–Trinajstić information content (AvgIpc) is 2.53. The molecule has 1 unspecified atom stereocenters. The van der Waals surface area contributed by atoms with Crippen LogP contribution in [0.25, 0.3) is 0 Å². The maximum absolute atomic E-state index is 12.2. The predicted octanol–water partition coefficient (Wildman–Crippen LogP) is 2.90. The second-order valence-electron chi connectivity index (χ2n) is 6.08. The fraction of sp³-hybridized carbons (Fsp3) is 0.529. The van der Waals surface area contributed by atoms with Crippen LogP contribution in [-0.2, 0) is 16.0 Å². The smallest absolute Gasteiger partial charge is 0.247 e.